The van der Waals surface area contributed by atoms with E-state index in [1.807, 2.05) is 0 Å². The van der Waals surface area contributed by atoms with Crippen LogP contribution in [0.25, 0.3) is 0 Å². The van der Waals surface area contributed by atoms with Gasteiger partial charge in [0.1, 0.15) is 6.54 Å². The number of halogens is 3. The molecule has 0 fully saturated rings. The van der Waals surface area contributed by atoms with E-state index in [0.29, 0.717) is 6.42 Å². The average Bonchev–Trinajstić information content (AvgIpc) is 2.71. The molecule has 1 rings (SSSR count). The van der Waals surface area contributed by atoms with Crippen LogP contribution in [-0.2, 0) is 19.2 Å². The molecule has 0 bridgehead atoms. The summed E-state index contributed by atoms with van der Waals surface area (Å²) in [4.78, 5) is 33.7. The van der Waals surface area contributed by atoms with Crippen molar-refractivity contribution < 1.29 is 37.6 Å². The summed E-state index contributed by atoms with van der Waals surface area (Å²) < 4.78 is 33.6. The fraction of sp³-hybridized carbons (Fsp3) is 0.600. The number of carbonyl (C=O) groups is 3. The van der Waals surface area contributed by atoms with Crippen molar-refractivity contribution in [2.24, 2.45) is 5.16 Å². The molecule has 1 aliphatic heterocycles. The highest BCUT2D eigenvalue weighted by atomic mass is 19.4. The number of hydroxylamine groups is 1. The molecule has 0 aliphatic carbocycles. The molecule has 1 aliphatic rings. The van der Waals surface area contributed by atoms with Gasteiger partial charge in [-0.15, -0.1) is 0 Å². The Bertz CT molecular complexity index is 396. The summed E-state index contributed by atoms with van der Waals surface area (Å²) in [6.07, 6.45) is -3.94. The second kappa shape index (κ2) is 10.6. The minimum absolute atomic E-state index is 0.252. The maximum Gasteiger partial charge on any atom is 0.405 e. The number of amides is 2. The minimum Gasteiger partial charge on any atom is -0.347 e. The van der Waals surface area contributed by atoms with E-state index in [4.69, 9.17) is 5.21 Å². The number of hydrogen-bond donors (Lipinski definition) is 3. The van der Waals surface area contributed by atoms with E-state index in [1.165, 1.54) is 12.4 Å². The zero-order valence-corrected chi connectivity index (χ0v) is 11.6. The van der Waals surface area contributed by atoms with Gasteiger partial charge in [-0.3, -0.25) is 14.8 Å². The fourth-order valence-corrected chi connectivity index (χ4v) is 0.627. The predicted molar refractivity (Wildman–Crippen MR) is 64.2 cm³/mol. The van der Waals surface area contributed by atoms with Gasteiger partial charge in [-0.2, -0.15) is 13.2 Å². The molecule has 0 aromatic rings. The van der Waals surface area contributed by atoms with Gasteiger partial charge in [0, 0.05) is 13.8 Å². The Balaban J connectivity index is 0. The topological polar surface area (TPSA) is 117 Å². The lowest BCUT2D eigenvalue weighted by atomic mass is 10.3. The Kier molecular flexibility index (Phi) is 10.7. The average molecular weight is 315 g/mol. The maximum atomic E-state index is 11.2. The molecule has 0 saturated heterocycles. The van der Waals surface area contributed by atoms with Gasteiger partial charge in [0.25, 0.3) is 0 Å². The van der Waals surface area contributed by atoms with E-state index in [9.17, 15) is 27.6 Å². The van der Waals surface area contributed by atoms with E-state index in [2.05, 4.69) is 9.99 Å². The van der Waals surface area contributed by atoms with E-state index >= 15 is 0 Å². The Hall–Kier alpha value is -2.17. The molecule has 122 valence electrons. The van der Waals surface area contributed by atoms with Crippen LogP contribution in [0.2, 0.25) is 0 Å². The number of nitrogens with one attached hydrogen (secondary N) is 2. The van der Waals surface area contributed by atoms with Gasteiger partial charge in [-0.05, 0) is 6.92 Å². The summed E-state index contributed by atoms with van der Waals surface area (Å²) >= 11 is 0. The second-order valence-electron chi connectivity index (χ2n) is 3.66. The van der Waals surface area contributed by atoms with Crippen LogP contribution in [0.1, 0.15) is 27.2 Å². The number of rotatable bonds is 1. The van der Waals surface area contributed by atoms with Crippen LogP contribution in [0.15, 0.2) is 5.16 Å². The molecule has 0 atom stereocenters. The Morgan fingerprint density at radius 2 is 1.81 bits per heavy atom. The molecular weight excluding hydrogens is 299 g/mol. The highest BCUT2D eigenvalue weighted by Gasteiger charge is 2.26. The first kappa shape index (κ1) is 21.1. The number of oxime groups is 1. The number of alkyl halides is 3. The van der Waals surface area contributed by atoms with Crippen LogP contribution in [0, 0.1) is 0 Å². The quantitative estimate of drug-likeness (QED) is 0.370. The van der Waals surface area contributed by atoms with Crippen LogP contribution in [0.3, 0.4) is 0 Å². The molecule has 0 saturated carbocycles. The van der Waals surface area contributed by atoms with E-state index in [1.54, 1.807) is 12.2 Å². The smallest absolute Gasteiger partial charge is 0.347 e. The Morgan fingerprint density at radius 3 is 1.90 bits per heavy atom. The maximum absolute atomic E-state index is 11.2. The van der Waals surface area contributed by atoms with Crippen molar-refractivity contribution >= 4 is 23.5 Å². The molecule has 21 heavy (non-hydrogen) atoms. The largest absolute Gasteiger partial charge is 0.405 e. The molecular formula is C10H16F3N3O5. The molecule has 11 heteroatoms. The van der Waals surface area contributed by atoms with Gasteiger partial charge >= 0.3 is 12.1 Å². The van der Waals surface area contributed by atoms with Crippen molar-refractivity contribution in [3.63, 3.8) is 0 Å². The third-order valence-electron chi connectivity index (χ3n) is 1.40. The molecule has 8 nitrogen and oxygen atoms in total. The molecule has 0 radical (unpaired) electrons. The van der Waals surface area contributed by atoms with Gasteiger partial charge in [-0.1, -0.05) is 5.16 Å². The summed E-state index contributed by atoms with van der Waals surface area (Å²) in [5.41, 5.74) is 2.14. The van der Waals surface area contributed by atoms with Gasteiger partial charge in [0.05, 0.1) is 12.1 Å². The van der Waals surface area contributed by atoms with Crippen molar-refractivity contribution in [3.05, 3.63) is 0 Å². The molecule has 0 aromatic heterocycles. The Morgan fingerprint density at radius 1 is 1.33 bits per heavy atom. The van der Waals surface area contributed by atoms with Crippen molar-refractivity contribution in [3.8, 4) is 0 Å². The van der Waals surface area contributed by atoms with E-state index < -0.39 is 24.5 Å². The molecule has 0 aromatic carbocycles. The number of carbonyl (C=O) groups excluding carboxylic acids is 3. The number of hydrogen-bond acceptors (Lipinski definition) is 6. The third kappa shape index (κ3) is 20.3. The van der Waals surface area contributed by atoms with Crippen LogP contribution in [0.5, 0.6) is 0 Å². The minimum atomic E-state index is -4.30. The molecule has 0 spiro atoms. The zero-order valence-electron chi connectivity index (χ0n) is 11.6. The van der Waals surface area contributed by atoms with Gasteiger partial charge in [0.15, 0.2) is 0 Å². The summed E-state index contributed by atoms with van der Waals surface area (Å²) in [6.45, 7) is 2.76. The van der Waals surface area contributed by atoms with E-state index in [0.717, 1.165) is 12.6 Å². The second-order valence-corrected chi connectivity index (χ2v) is 3.66. The molecule has 2 amide bonds. The summed E-state index contributed by atoms with van der Waals surface area (Å²) in [6, 6.07) is 0. The van der Waals surface area contributed by atoms with E-state index in [-0.39, 0.29) is 5.97 Å². The molecule has 3 N–H and O–H groups in total. The summed E-state index contributed by atoms with van der Waals surface area (Å²) in [5.74, 6) is -1.37. The summed E-state index contributed by atoms with van der Waals surface area (Å²) in [7, 11) is 0. The van der Waals surface area contributed by atoms with Gasteiger partial charge in [-0.25, -0.2) is 10.3 Å². The highest BCUT2D eigenvalue weighted by molar-refractivity contribution is 6.00. The van der Waals surface area contributed by atoms with Crippen molar-refractivity contribution in [1.29, 1.82) is 0 Å². The highest BCUT2D eigenvalue weighted by Crippen LogP contribution is 2.11. The molecule has 1 heterocycles. The third-order valence-corrected chi connectivity index (χ3v) is 1.40. The summed E-state index contributed by atoms with van der Waals surface area (Å²) in [5, 5.41) is 12.5. The van der Waals surface area contributed by atoms with Crippen LogP contribution >= 0.6 is 0 Å². The van der Waals surface area contributed by atoms with Crippen LogP contribution in [0.4, 0.5) is 13.2 Å². The van der Waals surface area contributed by atoms with Crippen molar-refractivity contribution in [1.82, 2.24) is 10.8 Å². The lowest BCUT2D eigenvalue weighted by molar-refractivity contribution is -0.140. The lowest BCUT2D eigenvalue weighted by Gasteiger charge is -2.04. The van der Waals surface area contributed by atoms with Crippen LogP contribution < -0.4 is 10.8 Å². The zero-order chi connectivity index (χ0) is 17.1. The monoisotopic (exact) mass is 315 g/mol. The van der Waals surface area contributed by atoms with Gasteiger partial charge in [0.2, 0.25) is 11.8 Å². The first-order chi connectivity index (χ1) is 9.47. The first-order valence-corrected chi connectivity index (χ1v) is 5.43. The van der Waals surface area contributed by atoms with Crippen LogP contribution in [-0.4, -0.2) is 41.4 Å². The predicted octanol–water partition coefficient (Wildman–Crippen LogP) is 0.506. The lowest BCUT2D eigenvalue weighted by Crippen LogP contribution is -2.31. The fourth-order valence-electron chi connectivity index (χ4n) is 0.627. The van der Waals surface area contributed by atoms with Crippen molar-refractivity contribution in [2.75, 3.05) is 6.54 Å². The Labute approximate surface area is 118 Å². The van der Waals surface area contributed by atoms with Crippen molar-refractivity contribution in [2.45, 2.75) is 33.4 Å². The van der Waals surface area contributed by atoms with Gasteiger partial charge < -0.3 is 10.2 Å². The molecule has 0 unspecified atom stereocenters. The SMILES string of the molecule is CC(=O)NCC(F)(F)F.CC(=O)NO.CC1=NOC(=O)C1. The standard InChI is InChI=1S/C4H6F3NO.C4H5NO2.C2H5NO2/c1-3(9)8-2-4(5,6)7;1-3-2-4(6)7-5-3;1-2(4)3-5/h2H2,1H3,(H,8,9);2H2,1H3;5H,1H3,(H,3,4). The number of nitrogens with zero attached hydrogens (tertiary/aromatic N) is 1. The normalized spacial score (nSPS) is 12.7. The first-order valence-electron chi connectivity index (χ1n) is 5.43.